The van der Waals surface area contributed by atoms with E-state index in [1.807, 2.05) is 35.0 Å². The minimum atomic E-state index is -0.387. The van der Waals surface area contributed by atoms with Gasteiger partial charge >= 0.3 is 0 Å². The highest BCUT2D eigenvalue weighted by molar-refractivity contribution is 7.99. The lowest BCUT2D eigenvalue weighted by Crippen LogP contribution is -2.34. The summed E-state index contributed by atoms with van der Waals surface area (Å²) in [6.45, 7) is 1.36. The van der Waals surface area contributed by atoms with Gasteiger partial charge in [0.05, 0.1) is 18.2 Å². The molecule has 2 aliphatic rings. The van der Waals surface area contributed by atoms with E-state index in [-0.39, 0.29) is 18.4 Å². The number of likely N-dealkylation sites (tertiary alicyclic amines) is 1. The van der Waals surface area contributed by atoms with Gasteiger partial charge in [-0.1, -0.05) is 30.0 Å². The van der Waals surface area contributed by atoms with E-state index in [4.69, 9.17) is 21.3 Å². The van der Waals surface area contributed by atoms with E-state index in [1.54, 1.807) is 22.9 Å². The van der Waals surface area contributed by atoms with Crippen molar-refractivity contribution in [2.24, 2.45) is 5.73 Å². The predicted molar refractivity (Wildman–Crippen MR) is 118 cm³/mol. The van der Waals surface area contributed by atoms with Gasteiger partial charge in [-0.2, -0.15) is 10.4 Å². The number of pyridine rings is 1. The van der Waals surface area contributed by atoms with E-state index >= 15 is 0 Å². The Morgan fingerprint density at radius 2 is 2.00 bits per heavy atom. The second-order valence-corrected chi connectivity index (χ2v) is 8.79. The van der Waals surface area contributed by atoms with E-state index < -0.39 is 0 Å². The Kier molecular flexibility index (Phi) is 5.28. The zero-order valence-electron chi connectivity index (χ0n) is 16.9. The number of anilines is 1. The molecule has 31 heavy (non-hydrogen) atoms. The van der Waals surface area contributed by atoms with Crippen LogP contribution in [0.15, 0.2) is 58.6 Å². The lowest BCUT2D eigenvalue weighted by atomic mass is 10.1. The fourth-order valence-corrected chi connectivity index (χ4v) is 4.98. The highest BCUT2D eigenvalue weighted by Crippen LogP contribution is 2.46. The number of benzene rings is 1. The predicted octanol–water partition coefficient (Wildman–Crippen LogP) is 3.15. The van der Waals surface area contributed by atoms with Gasteiger partial charge in [-0.05, 0) is 37.1 Å². The maximum Gasteiger partial charge on any atom is 0.179 e. The highest BCUT2D eigenvalue weighted by Gasteiger charge is 2.43. The van der Waals surface area contributed by atoms with Crippen molar-refractivity contribution in [1.29, 1.82) is 5.26 Å². The topological polar surface area (TPSA) is 122 Å². The van der Waals surface area contributed by atoms with Crippen LogP contribution in [0.1, 0.15) is 30.6 Å². The lowest BCUT2D eigenvalue weighted by molar-refractivity contribution is 0.235. The number of ether oxygens (including phenoxy) is 1. The molecule has 0 aliphatic carbocycles. The zero-order valence-corrected chi connectivity index (χ0v) is 17.7. The molecule has 0 amide bonds. The first-order valence-electron chi connectivity index (χ1n) is 10.3. The normalized spacial score (nSPS) is 22.8. The molecule has 0 saturated carbocycles. The molecule has 0 bridgehead atoms. The van der Waals surface area contributed by atoms with Crippen LogP contribution in [0.2, 0.25) is 0 Å². The summed E-state index contributed by atoms with van der Waals surface area (Å²) in [6.07, 6.45) is 5.19. The molecule has 2 aliphatic heterocycles. The van der Waals surface area contributed by atoms with Crippen molar-refractivity contribution in [1.82, 2.24) is 19.7 Å². The van der Waals surface area contributed by atoms with Gasteiger partial charge in [0.15, 0.2) is 6.19 Å². The van der Waals surface area contributed by atoms with E-state index in [0.717, 1.165) is 46.1 Å². The van der Waals surface area contributed by atoms with Gasteiger partial charge in [-0.3, -0.25) is 0 Å². The Hall–Kier alpha value is -3.06. The number of nitrogen functional groups attached to an aromatic ring is 1. The molecular weight excluding hydrogens is 410 g/mol. The molecule has 158 valence electrons. The van der Waals surface area contributed by atoms with Crippen LogP contribution in [0.5, 0.6) is 0 Å². The first kappa shape index (κ1) is 19.9. The smallest absolute Gasteiger partial charge is 0.179 e. The fourth-order valence-electron chi connectivity index (χ4n) is 4.07. The Labute approximate surface area is 184 Å². The molecule has 3 aromatic rings. The monoisotopic (exact) mass is 433 g/mol. The molecule has 8 nitrogen and oxygen atoms in total. The number of aromatic nitrogens is 3. The highest BCUT2D eigenvalue weighted by atomic mass is 32.2. The molecule has 0 radical (unpaired) electrons. The summed E-state index contributed by atoms with van der Waals surface area (Å²) in [7, 11) is 0. The largest absolute Gasteiger partial charge is 0.384 e. The molecule has 5 rings (SSSR count). The first-order chi connectivity index (χ1) is 15.2. The molecule has 4 N–H and O–H groups in total. The molecule has 4 heterocycles. The number of piperidine rings is 1. The van der Waals surface area contributed by atoms with Crippen molar-refractivity contribution < 1.29 is 4.74 Å². The lowest BCUT2D eigenvalue weighted by Gasteiger charge is -2.29. The van der Waals surface area contributed by atoms with Crippen LogP contribution < -0.4 is 11.5 Å². The average Bonchev–Trinajstić information content (AvgIpc) is 3.42. The van der Waals surface area contributed by atoms with Gasteiger partial charge in [-0.25, -0.2) is 9.67 Å². The van der Waals surface area contributed by atoms with Crippen LogP contribution in [0, 0.1) is 11.5 Å². The van der Waals surface area contributed by atoms with Crippen molar-refractivity contribution in [3.63, 3.8) is 0 Å². The molecule has 2 aromatic heterocycles. The van der Waals surface area contributed by atoms with E-state index in [0.29, 0.717) is 12.4 Å². The number of epoxide rings is 1. The number of nitriles is 1. The van der Waals surface area contributed by atoms with Gasteiger partial charge in [0.1, 0.15) is 28.9 Å². The molecule has 3 unspecified atom stereocenters. The summed E-state index contributed by atoms with van der Waals surface area (Å²) in [4.78, 5) is 7.47. The maximum atomic E-state index is 9.34. The van der Waals surface area contributed by atoms with E-state index in [2.05, 4.69) is 23.3 Å². The first-order valence-corrected chi connectivity index (χ1v) is 11.1. The third-order valence-corrected chi connectivity index (χ3v) is 6.69. The fraction of sp³-hybridized carbons (Fsp3) is 0.318. The molecule has 3 atom stereocenters. The molecule has 1 aromatic carbocycles. The zero-order chi connectivity index (χ0) is 21.4. The maximum absolute atomic E-state index is 9.34. The average molecular weight is 434 g/mol. The minimum absolute atomic E-state index is 0.0257. The number of rotatable bonds is 5. The van der Waals surface area contributed by atoms with Gasteiger partial charge in [0.2, 0.25) is 0 Å². The summed E-state index contributed by atoms with van der Waals surface area (Å²) in [6, 6.07) is 14.0. The molecule has 2 fully saturated rings. The van der Waals surface area contributed by atoms with Crippen LogP contribution in [0.4, 0.5) is 5.82 Å². The summed E-state index contributed by atoms with van der Waals surface area (Å²) < 4.78 is 7.46. The van der Waals surface area contributed by atoms with Crippen molar-refractivity contribution in [2.75, 3.05) is 18.8 Å². The van der Waals surface area contributed by atoms with Gasteiger partial charge < -0.3 is 21.1 Å². The Morgan fingerprint density at radius 3 is 2.74 bits per heavy atom. The molecule has 9 heteroatoms. The molecule has 0 spiro atoms. The molecule has 2 saturated heterocycles. The standard InChI is InChI=1S/C22H23N7OS/c23-13-28-11-5-6-14(12-28)29-20(24)17(19-21(25)30-19)18(27-29)16-9-4-10-26-22(16)31-15-7-2-1-3-8-15/h1-4,7-10,14,19,21H,5-6,11-12,24-25H2. The number of nitrogens with two attached hydrogens (primary N) is 2. The van der Waals surface area contributed by atoms with Gasteiger partial charge in [0.25, 0.3) is 0 Å². The Morgan fingerprint density at radius 1 is 1.19 bits per heavy atom. The van der Waals surface area contributed by atoms with Crippen LogP contribution in [-0.4, -0.2) is 39.0 Å². The van der Waals surface area contributed by atoms with E-state index in [1.165, 1.54) is 0 Å². The van der Waals surface area contributed by atoms with Crippen molar-refractivity contribution >= 4 is 17.6 Å². The van der Waals surface area contributed by atoms with Crippen molar-refractivity contribution in [2.45, 2.75) is 41.1 Å². The Balaban J connectivity index is 1.58. The van der Waals surface area contributed by atoms with Crippen molar-refractivity contribution in [3.05, 3.63) is 54.2 Å². The summed E-state index contributed by atoms with van der Waals surface area (Å²) in [5, 5.41) is 15.1. The minimum Gasteiger partial charge on any atom is -0.384 e. The van der Waals surface area contributed by atoms with Crippen LogP contribution in [-0.2, 0) is 4.74 Å². The quantitative estimate of drug-likeness (QED) is 0.465. The number of hydrogen-bond donors (Lipinski definition) is 2. The third-order valence-electron chi connectivity index (χ3n) is 5.66. The van der Waals surface area contributed by atoms with Gasteiger partial charge in [-0.15, -0.1) is 0 Å². The van der Waals surface area contributed by atoms with E-state index in [9.17, 15) is 5.26 Å². The van der Waals surface area contributed by atoms with Crippen LogP contribution >= 0.6 is 11.8 Å². The second kappa shape index (κ2) is 8.23. The number of hydrogen-bond acceptors (Lipinski definition) is 8. The third kappa shape index (κ3) is 3.85. The number of nitrogens with zero attached hydrogens (tertiary/aromatic N) is 5. The summed E-state index contributed by atoms with van der Waals surface area (Å²) >= 11 is 1.58. The Bertz CT molecular complexity index is 1130. The van der Waals surface area contributed by atoms with Gasteiger partial charge in [0, 0.05) is 23.2 Å². The summed E-state index contributed by atoms with van der Waals surface area (Å²) in [5.74, 6) is 0.553. The summed E-state index contributed by atoms with van der Waals surface area (Å²) in [5.41, 5.74) is 15.1. The SMILES string of the molecule is N#CN1CCCC(n2nc(-c3cccnc3Sc3ccccc3)c(C3OC3N)c2N)C1. The van der Waals surface area contributed by atoms with Crippen LogP contribution in [0.25, 0.3) is 11.3 Å². The van der Waals surface area contributed by atoms with Crippen molar-refractivity contribution in [3.8, 4) is 17.5 Å². The van der Waals surface area contributed by atoms with Crippen LogP contribution in [0.3, 0.4) is 0 Å². The second-order valence-electron chi connectivity index (χ2n) is 7.73. The molecular formula is C22H23N7OS.